The Morgan fingerprint density at radius 3 is 2.42 bits per heavy atom. The van der Waals surface area contributed by atoms with Crippen LogP contribution in [0.3, 0.4) is 0 Å². The number of hydrogen-bond acceptors (Lipinski definition) is 5. The number of carbonyl (C=O) groups is 2. The van der Waals surface area contributed by atoms with Gasteiger partial charge in [0.1, 0.15) is 12.2 Å². The molecule has 0 aromatic heterocycles. The summed E-state index contributed by atoms with van der Waals surface area (Å²) in [6.07, 6.45) is -1.75. The molecular weight excluding hydrogens is 524 g/mol. The van der Waals surface area contributed by atoms with E-state index in [1.54, 1.807) is 32.9 Å². The second kappa shape index (κ2) is 9.19. The predicted molar refractivity (Wildman–Crippen MR) is 123 cm³/mol. The number of benzene rings is 2. The van der Waals surface area contributed by atoms with Crippen molar-refractivity contribution in [1.29, 1.82) is 0 Å². The van der Waals surface area contributed by atoms with E-state index >= 15 is 8.78 Å². The maximum atomic E-state index is 15.3. The number of amides is 1. The number of rotatable bonds is 3. The van der Waals surface area contributed by atoms with E-state index in [9.17, 15) is 14.7 Å². The van der Waals surface area contributed by atoms with Crippen LogP contribution in [0.5, 0.6) is 0 Å². The molecule has 2 aromatic carbocycles. The Hall–Kier alpha value is -2.23. The summed E-state index contributed by atoms with van der Waals surface area (Å²) in [5.74, 6) is -4.65. The number of ether oxygens (including phenoxy) is 2. The number of halogens is 4. The standard InChI is InChI=1S/C23H23BrClF2NO5/c1-21(2,3)33-20(30)28-11-10-23(26,27)22(31,17-12-16(25)8-9-18(17)28)13-32-19(29)14-4-6-15(24)7-5-14/h4-9,12,31H,10-11,13H2,1-3H3/t22-/m1/s1. The number of nitrogens with zero attached hydrogens (tertiary/aromatic N) is 1. The van der Waals surface area contributed by atoms with Gasteiger partial charge in [-0.05, 0) is 63.2 Å². The lowest BCUT2D eigenvalue weighted by atomic mass is 9.86. The molecular formula is C23H23BrClF2NO5. The smallest absolute Gasteiger partial charge is 0.414 e. The Morgan fingerprint density at radius 1 is 1.18 bits per heavy atom. The van der Waals surface area contributed by atoms with Crippen LogP contribution in [0.1, 0.15) is 43.1 Å². The highest BCUT2D eigenvalue weighted by atomic mass is 79.9. The minimum absolute atomic E-state index is 0.00647. The van der Waals surface area contributed by atoms with Crippen molar-refractivity contribution in [2.45, 2.75) is 44.3 Å². The Labute approximate surface area is 203 Å². The maximum Gasteiger partial charge on any atom is 0.414 e. The molecule has 1 aliphatic rings. The zero-order valence-corrected chi connectivity index (χ0v) is 20.5. The number of fused-ring (bicyclic) bond motifs is 1. The van der Waals surface area contributed by atoms with Gasteiger partial charge in [0.15, 0.2) is 5.60 Å². The van der Waals surface area contributed by atoms with Crippen molar-refractivity contribution in [3.05, 3.63) is 63.1 Å². The van der Waals surface area contributed by atoms with E-state index in [0.717, 1.165) is 15.4 Å². The molecule has 1 amide bonds. The zero-order valence-electron chi connectivity index (χ0n) is 18.2. The maximum absolute atomic E-state index is 15.3. The molecule has 1 atom stereocenters. The van der Waals surface area contributed by atoms with Gasteiger partial charge in [-0.1, -0.05) is 27.5 Å². The Morgan fingerprint density at radius 2 is 1.82 bits per heavy atom. The molecule has 0 saturated carbocycles. The van der Waals surface area contributed by atoms with Crippen LogP contribution in [-0.4, -0.2) is 41.8 Å². The molecule has 10 heteroatoms. The van der Waals surface area contributed by atoms with E-state index in [2.05, 4.69) is 15.9 Å². The van der Waals surface area contributed by atoms with E-state index in [1.165, 1.54) is 24.3 Å². The zero-order chi connectivity index (χ0) is 24.6. The van der Waals surface area contributed by atoms with Gasteiger partial charge in [-0.3, -0.25) is 4.90 Å². The van der Waals surface area contributed by atoms with Crippen LogP contribution in [-0.2, 0) is 15.1 Å². The molecule has 1 aliphatic heterocycles. The molecule has 178 valence electrons. The van der Waals surface area contributed by atoms with Crippen LogP contribution in [0.15, 0.2) is 46.9 Å². The topological polar surface area (TPSA) is 76.1 Å². The third-order valence-corrected chi connectivity index (χ3v) is 5.82. The van der Waals surface area contributed by atoms with Crippen LogP contribution in [0.2, 0.25) is 5.02 Å². The highest BCUT2D eigenvalue weighted by Crippen LogP contribution is 2.48. The molecule has 0 saturated heterocycles. The van der Waals surface area contributed by atoms with E-state index in [4.69, 9.17) is 21.1 Å². The van der Waals surface area contributed by atoms with Gasteiger partial charge >= 0.3 is 12.1 Å². The first-order valence-corrected chi connectivity index (χ1v) is 11.2. The van der Waals surface area contributed by atoms with Gasteiger partial charge in [-0.25, -0.2) is 18.4 Å². The lowest BCUT2D eigenvalue weighted by Crippen LogP contribution is -2.49. The lowest BCUT2D eigenvalue weighted by Gasteiger charge is -2.35. The number of carbonyl (C=O) groups excluding carboxylic acids is 2. The van der Waals surface area contributed by atoms with Crippen molar-refractivity contribution in [1.82, 2.24) is 0 Å². The molecule has 0 bridgehead atoms. The average molecular weight is 547 g/mol. The minimum Gasteiger partial charge on any atom is -0.458 e. The van der Waals surface area contributed by atoms with E-state index in [1.807, 2.05) is 0 Å². The van der Waals surface area contributed by atoms with Crippen molar-refractivity contribution >= 4 is 45.3 Å². The highest BCUT2D eigenvalue weighted by Gasteiger charge is 2.58. The highest BCUT2D eigenvalue weighted by molar-refractivity contribution is 9.10. The fraction of sp³-hybridized carbons (Fsp3) is 0.391. The van der Waals surface area contributed by atoms with Gasteiger partial charge in [0.25, 0.3) is 5.92 Å². The molecule has 0 fully saturated rings. The van der Waals surface area contributed by atoms with Crippen LogP contribution < -0.4 is 4.90 Å². The summed E-state index contributed by atoms with van der Waals surface area (Å²) in [6, 6.07) is 10.0. The molecule has 33 heavy (non-hydrogen) atoms. The van der Waals surface area contributed by atoms with Gasteiger partial charge in [-0.15, -0.1) is 0 Å². The average Bonchev–Trinajstić information content (AvgIpc) is 2.79. The summed E-state index contributed by atoms with van der Waals surface area (Å²) >= 11 is 9.30. The van der Waals surface area contributed by atoms with Crippen LogP contribution in [0, 0.1) is 0 Å². The first kappa shape index (κ1) is 25.4. The third-order valence-electron chi connectivity index (χ3n) is 5.06. The molecule has 1 heterocycles. The van der Waals surface area contributed by atoms with E-state index < -0.39 is 48.8 Å². The Kier molecular flexibility index (Phi) is 7.07. The first-order valence-electron chi connectivity index (χ1n) is 10.1. The number of hydrogen-bond donors (Lipinski definition) is 1. The van der Waals surface area contributed by atoms with Crippen molar-refractivity contribution < 1.29 is 33.0 Å². The van der Waals surface area contributed by atoms with Gasteiger partial charge in [0.05, 0.1) is 11.3 Å². The summed E-state index contributed by atoms with van der Waals surface area (Å²) < 4.78 is 41.9. The third kappa shape index (κ3) is 5.47. The first-order chi connectivity index (χ1) is 15.2. The molecule has 0 unspecified atom stereocenters. The predicted octanol–water partition coefficient (Wildman–Crippen LogP) is 5.93. The largest absolute Gasteiger partial charge is 0.458 e. The van der Waals surface area contributed by atoms with Crippen molar-refractivity contribution in [2.24, 2.45) is 0 Å². The number of anilines is 1. The summed E-state index contributed by atoms with van der Waals surface area (Å²) in [5.41, 5.74) is -4.02. The molecule has 0 aliphatic carbocycles. The second-order valence-corrected chi connectivity index (χ2v) is 10.0. The quantitative estimate of drug-likeness (QED) is 0.483. The van der Waals surface area contributed by atoms with E-state index in [-0.39, 0.29) is 21.8 Å². The number of aliphatic hydroxyl groups is 1. The molecule has 0 radical (unpaired) electrons. The Balaban J connectivity index is 2.00. The van der Waals surface area contributed by atoms with Crippen LogP contribution >= 0.6 is 27.5 Å². The van der Waals surface area contributed by atoms with E-state index in [0.29, 0.717) is 0 Å². The summed E-state index contributed by atoms with van der Waals surface area (Å²) in [7, 11) is 0. The summed E-state index contributed by atoms with van der Waals surface area (Å²) in [4.78, 5) is 26.2. The van der Waals surface area contributed by atoms with Crippen molar-refractivity contribution in [3.8, 4) is 0 Å². The SMILES string of the molecule is CC(C)(C)OC(=O)N1CCC(F)(F)[C@@](O)(COC(=O)c2ccc(Br)cc2)c2cc(Cl)ccc21. The van der Waals surface area contributed by atoms with Gasteiger partial charge < -0.3 is 14.6 Å². The van der Waals surface area contributed by atoms with Gasteiger partial charge in [0.2, 0.25) is 0 Å². The van der Waals surface area contributed by atoms with Gasteiger partial charge in [0, 0.05) is 28.0 Å². The fourth-order valence-corrected chi connectivity index (χ4v) is 3.82. The molecule has 0 spiro atoms. The number of esters is 1. The second-order valence-electron chi connectivity index (χ2n) is 8.69. The van der Waals surface area contributed by atoms with Gasteiger partial charge in [-0.2, -0.15) is 0 Å². The molecule has 1 N–H and O–H groups in total. The fourth-order valence-electron chi connectivity index (χ4n) is 3.38. The monoisotopic (exact) mass is 545 g/mol. The normalized spacial score (nSPS) is 19.9. The van der Waals surface area contributed by atoms with Crippen molar-refractivity contribution in [3.63, 3.8) is 0 Å². The minimum atomic E-state index is -3.76. The summed E-state index contributed by atoms with van der Waals surface area (Å²) in [5, 5.41) is 11.3. The molecule has 6 nitrogen and oxygen atoms in total. The van der Waals surface area contributed by atoms with Crippen LogP contribution in [0.25, 0.3) is 0 Å². The molecule has 2 aromatic rings. The van der Waals surface area contributed by atoms with Crippen LogP contribution in [0.4, 0.5) is 19.3 Å². The summed E-state index contributed by atoms with van der Waals surface area (Å²) in [6.45, 7) is 3.47. The lowest BCUT2D eigenvalue weighted by molar-refractivity contribution is -0.205. The molecule has 3 rings (SSSR count). The Bertz CT molecular complexity index is 1060. The van der Waals surface area contributed by atoms with Crippen molar-refractivity contribution in [2.75, 3.05) is 18.1 Å². The number of alkyl halides is 2.